The summed E-state index contributed by atoms with van der Waals surface area (Å²) >= 11 is 0. The number of aromatic nitrogens is 3. The molecule has 0 aliphatic rings. The van der Waals surface area contributed by atoms with E-state index >= 15 is 0 Å². The highest BCUT2D eigenvalue weighted by Gasteiger charge is 2.08. The van der Waals surface area contributed by atoms with Crippen LogP contribution in [0.5, 0.6) is 11.5 Å². The molecule has 6 nitrogen and oxygen atoms in total. The molecular weight excluding hydrogens is 292 g/mol. The summed E-state index contributed by atoms with van der Waals surface area (Å²) < 4.78 is 7.25. The molecule has 0 bridgehead atoms. The fourth-order valence-corrected chi connectivity index (χ4v) is 2.09. The van der Waals surface area contributed by atoms with Crippen LogP contribution in [0.1, 0.15) is 13.8 Å². The van der Waals surface area contributed by atoms with Crippen LogP contribution in [0.3, 0.4) is 0 Å². The van der Waals surface area contributed by atoms with E-state index in [0.29, 0.717) is 11.7 Å². The summed E-state index contributed by atoms with van der Waals surface area (Å²) in [5.41, 5.74) is 1.67. The standard InChI is InChI=1S/C17H18N4O2/c1-12(2)23-16-10-13(8-9-15(16)22)19-17-18-11-21(20-17)14-6-4-3-5-7-14/h3-12,22H,1-2H3,(H,19,20). The van der Waals surface area contributed by atoms with Crippen molar-refractivity contribution in [3.63, 3.8) is 0 Å². The van der Waals surface area contributed by atoms with Crippen molar-refractivity contribution in [3.8, 4) is 17.2 Å². The molecule has 0 atom stereocenters. The molecule has 0 fully saturated rings. The predicted octanol–water partition coefficient (Wildman–Crippen LogP) is 3.50. The summed E-state index contributed by atoms with van der Waals surface area (Å²) in [5.74, 6) is 0.995. The molecule has 1 aromatic heterocycles. The number of hydrogen-bond acceptors (Lipinski definition) is 5. The van der Waals surface area contributed by atoms with Gasteiger partial charge in [0.1, 0.15) is 6.33 Å². The average molecular weight is 310 g/mol. The van der Waals surface area contributed by atoms with E-state index in [2.05, 4.69) is 15.4 Å². The third-order valence-electron chi connectivity index (χ3n) is 3.09. The Morgan fingerprint density at radius 2 is 1.91 bits per heavy atom. The van der Waals surface area contributed by atoms with Crippen molar-refractivity contribution in [3.05, 3.63) is 54.9 Å². The fraction of sp³-hybridized carbons (Fsp3) is 0.176. The minimum atomic E-state index is -0.0217. The van der Waals surface area contributed by atoms with Gasteiger partial charge in [0.15, 0.2) is 11.5 Å². The van der Waals surface area contributed by atoms with Gasteiger partial charge in [0.2, 0.25) is 5.95 Å². The topological polar surface area (TPSA) is 72.2 Å². The SMILES string of the molecule is CC(C)Oc1cc(Nc2ncn(-c3ccccc3)n2)ccc1O. The van der Waals surface area contributed by atoms with Gasteiger partial charge in [-0.25, -0.2) is 4.68 Å². The lowest BCUT2D eigenvalue weighted by Crippen LogP contribution is -2.06. The van der Waals surface area contributed by atoms with Crippen LogP contribution in [-0.2, 0) is 0 Å². The van der Waals surface area contributed by atoms with E-state index in [1.54, 1.807) is 29.2 Å². The first-order valence-corrected chi connectivity index (χ1v) is 7.35. The van der Waals surface area contributed by atoms with Crippen molar-refractivity contribution in [2.75, 3.05) is 5.32 Å². The minimum absolute atomic E-state index is 0.0217. The number of para-hydroxylation sites is 1. The molecule has 2 N–H and O–H groups in total. The van der Waals surface area contributed by atoms with Crippen LogP contribution in [0, 0.1) is 0 Å². The molecule has 0 saturated heterocycles. The lowest BCUT2D eigenvalue weighted by atomic mass is 10.2. The van der Waals surface area contributed by atoms with Gasteiger partial charge in [0.25, 0.3) is 0 Å². The van der Waals surface area contributed by atoms with E-state index in [1.807, 2.05) is 44.2 Å². The van der Waals surface area contributed by atoms with E-state index in [9.17, 15) is 5.11 Å². The first-order chi connectivity index (χ1) is 11.1. The van der Waals surface area contributed by atoms with Crippen molar-refractivity contribution < 1.29 is 9.84 Å². The summed E-state index contributed by atoms with van der Waals surface area (Å²) in [5, 5.41) is 17.3. The number of nitrogens with zero attached hydrogens (tertiary/aromatic N) is 3. The Kier molecular flexibility index (Phi) is 4.14. The zero-order chi connectivity index (χ0) is 16.2. The number of aromatic hydroxyl groups is 1. The Balaban J connectivity index is 1.79. The van der Waals surface area contributed by atoms with Gasteiger partial charge >= 0.3 is 0 Å². The summed E-state index contributed by atoms with van der Waals surface area (Å²) in [7, 11) is 0. The Morgan fingerprint density at radius 3 is 2.65 bits per heavy atom. The number of rotatable bonds is 5. The largest absolute Gasteiger partial charge is 0.504 e. The van der Waals surface area contributed by atoms with Gasteiger partial charge in [0, 0.05) is 11.8 Å². The van der Waals surface area contributed by atoms with Crippen molar-refractivity contribution in [2.24, 2.45) is 0 Å². The zero-order valence-corrected chi connectivity index (χ0v) is 13.0. The van der Waals surface area contributed by atoms with Crippen molar-refractivity contribution in [1.82, 2.24) is 14.8 Å². The van der Waals surface area contributed by atoms with Crippen LogP contribution in [-0.4, -0.2) is 26.0 Å². The Bertz CT molecular complexity index is 784. The third-order valence-corrected chi connectivity index (χ3v) is 3.09. The highest BCUT2D eigenvalue weighted by molar-refractivity contribution is 5.59. The van der Waals surface area contributed by atoms with Gasteiger partial charge in [-0.1, -0.05) is 18.2 Å². The van der Waals surface area contributed by atoms with E-state index in [1.165, 1.54) is 0 Å². The van der Waals surface area contributed by atoms with Crippen molar-refractivity contribution in [1.29, 1.82) is 0 Å². The van der Waals surface area contributed by atoms with Gasteiger partial charge in [-0.3, -0.25) is 0 Å². The Morgan fingerprint density at radius 1 is 1.13 bits per heavy atom. The van der Waals surface area contributed by atoms with Gasteiger partial charge < -0.3 is 15.2 Å². The number of phenols is 1. The number of nitrogens with one attached hydrogen (secondary N) is 1. The molecule has 3 aromatic rings. The van der Waals surface area contributed by atoms with Crippen LogP contribution in [0.2, 0.25) is 0 Å². The average Bonchev–Trinajstić information content (AvgIpc) is 2.99. The van der Waals surface area contributed by atoms with E-state index < -0.39 is 0 Å². The molecule has 2 aromatic carbocycles. The maximum atomic E-state index is 9.81. The Labute approximate surface area is 134 Å². The smallest absolute Gasteiger partial charge is 0.246 e. The first-order valence-electron chi connectivity index (χ1n) is 7.35. The maximum absolute atomic E-state index is 9.81. The normalized spacial score (nSPS) is 10.7. The van der Waals surface area contributed by atoms with Crippen LogP contribution in [0.25, 0.3) is 5.69 Å². The van der Waals surface area contributed by atoms with Gasteiger partial charge in [0.05, 0.1) is 11.8 Å². The number of anilines is 2. The molecule has 0 aliphatic carbocycles. The highest BCUT2D eigenvalue weighted by Crippen LogP contribution is 2.30. The van der Waals surface area contributed by atoms with Crippen molar-refractivity contribution in [2.45, 2.75) is 20.0 Å². The molecular formula is C17H18N4O2. The molecule has 23 heavy (non-hydrogen) atoms. The van der Waals surface area contributed by atoms with Gasteiger partial charge in [-0.15, -0.1) is 5.10 Å². The van der Waals surface area contributed by atoms with Gasteiger partial charge in [-0.05, 0) is 38.1 Å². The lowest BCUT2D eigenvalue weighted by molar-refractivity contribution is 0.232. The second-order valence-electron chi connectivity index (χ2n) is 5.32. The summed E-state index contributed by atoms with van der Waals surface area (Å²) in [6.07, 6.45) is 1.62. The molecule has 6 heteroatoms. The van der Waals surface area contributed by atoms with Crippen molar-refractivity contribution >= 4 is 11.6 Å². The fourth-order valence-electron chi connectivity index (χ4n) is 2.09. The van der Waals surface area contributed by atoms with E-state index in [0.717, 1.165) is 11.4 Å². The summed E-state index contributed by atoms with van der Waals surface area (Å²) in [6.45, 7) is 3.81. The molecule has 0 unspecified atom stereocenters. The van der Waals surface area contributed by atoms with Crippen LogP contribution < -0.4 is 10.1 Å². The zero-order valence-electron chi connectivity index (χ0n) is 13.0. The molecule has 118 valence electrons. The number of ether oxygens (including phenoxy) is 1. The monoisotopic (exact) mass is 310 g/mol. The maximum Gasteiger partial charge on any atom is 0.246 e. The predicted molar refractivity (Wildman–Crippen MR) is 88.5 cm³/mol. The molecule has 3 rings (SSSR count). The van der Waals surface area contributed by atoms with E-state index in [4.69, 9.17) is 4.74 Å². The summed E-state index contributed by atoms with van der Waals surface area (Å²) in [4.78, 5) is 4.24. The number of benzene rings is 2. The van der Waals surface area contributed by atoms with Crippen LogP contribution in [0.4, 0.5) is 11.6 Å². The summed E-state index contributed by atoms with van der Waals surface area (Å²) in [6, 6.07) is 14.8. The minimum Gasteiger partial charge on any atom is -0.504 e. The second-order valence-corrected chi connectivity index (χ2v) is 5.32. The number of hydrogen-bond donors (Lipinski definition) is 2. The van der Waals surface area contributed by atoms with E-state index in [-0.39, 0.29) is 11.9 Å². The lowest BCUT2D eigenvalue weighted by Gasteiger charge is -2.12. The van der Waals surface area contributed by atoms with Crippen LogP contribution in [0.15, 0.2) is 54.9 Å². The third kappa shape index (κ3) is 3.60. The molecule has 1 heterocycles. The molecule has 0 radical (unpaired) electrons. The molecule has 0 spiro atoms. The molecule has 0 amide bonds. The second kappa shape index (κ2) is 6.39. The number of phenolic OH excluding ortho intramolecular Hbond substituents is 1. The Hall–Kier alpha value is -3.02. The quantitative estimate of drug-likeness (QED) is 0.706. The van der Waals surface area contributed by atoms with Gasteiger partial charge in [-0.2, -0.15) is 4.98 Å². The van der Waals surface area contributed by atoms with Crippen LogP contribution >= 0.6 is 0 Å². The molecule has 0 saturated carbocycles. The molecule has 0 aliphatic heterocycles. The highest BCUT2D eigenvalue weighted by atomic mass is 16.5. The first kappa shape index (κ1) is 14.9.